The highest BCUT2D eigenvalue weighted by Crippen LogP contribution is 2.29. The van der Waals surface area contributed by atoms with Crippen LogP contribution >= 0.6 is 0 Å². The van der Waals surface area contributed by atoms with E-state index in [2.05, 4.69) is 13.8 Å². The molecule has 92 valence electrons. The van der Waals surface area contributed by atoms with Crippen LogP contribution in [0.25, 0.3) is 0 Å². The highest BCUT2D eigenvalue weighted by Gasteiger charge is 2.34. The molecule has 2 amide bonds. The van der Waals surface area contributed by atoms with Crippen LogP contribution in [0.3, 0.4) is 0 Å². The highest BCUT2D eigenvalue weighted by molar-refractivity contribution is 5.80. The number of hydrogen-bond acceptors (Lipinski definition) is 2. The molecule has 0 atom stereocenters. The summed E-state index contributed by atoms with van der Waals surface area (Å²) in [6.45, 7) is 7.68. The van der Waals surface area contributed by atoms with Crippen LogP contribution in [-0.2, 0) is 4.79 Å². The van der Waals surface area contributed by atoms with Crippen LogP contribution in [0.2, 0.25) is 0 Å². The molecule has 0 aromatic heterocycles. The summed E-state index contributed by atoms with van der Waals surface area (Å²) in [5, 5.41) is 8.70. The molecule has 0 bridgehead atoms. The monoisotopic (exact) mass is 228 g/mol. The summed E-state index contributed by atoms with van der Waals surface area (Å²) in [5.41, 5.74) is 0.151. The Bertz CT molecular complexity index is 289. The van der Waals surface area contributed by atoms with Crippen molar-refractivity contribution in [1.82, 2.24) is 9.80 Å². The fourth-order valence-electron chi connectivity index (χ4n) is 1.95. The van der Waals surface area contributed by atoms with E-state index in [4.69, 9.17) is 5.11 Å². The van der Waals surface area contributed by atoms with Crippen LogP contribution in [-0.4, -0.2) is 53.1 Å². The lowest BCUT2D eigenvalue weighted by Crippen LogP contribution is -2.44. The number of carbonyl (C=O) groups excluding carboxylic acids is 1. The summed E-state index contributed by atoms with van der Waals surface area (Å²) in [7, 11) is 0. The molecule has 0 unspecified atom stereocenters. The first-order valence-electron chi connectivity index (χ1n) is 5.61. The van der Waals surface area contributed by atoms with Crippen molar-refractivity contribution in [1.29, 1.82) is 0 Å². The molecule has 0 aliphatic carbocycles. The third-order valence-corrected chi connectivity index (χ3v) is 2.93. The van der Waals surface area contributed by atoms with Crippen LogP contribution in [0, 0.1) is 5.41 Å². The molecule has 1 saturated heterocycles. The fraction of sp³-hybridized carbons (Fsp3) is 0.818. The Morgan fingerprint density at radius 3 is 2.44 bits per heavy atom. The van der Waals surface area contributed by atoms with Crippen molar-refractivity contribution in [2.45, 2.75) is 27.2 Å². The molecule has 0 aromatic carbocycles. The normalized spacial score (nSPS) is 18.6. The molecule has 1 aliphatic rings. The largest absolute Gasteiger partial charge is 0.480 e. The van der Waals surface area contributed by atoms with Gasteiger partial charge in [0.05, 0.1) is 0 Å². The lowest BCUT2D eigenvalue weighted by molar-refractivity contribution is -0.137. The van der Waals surface area contributed by atoms with Gasteiger partial charge in [-0.2, -0.15) is 0 Å². The first kappa shape index (κ1) is 12.8. The molecule has 5 nitrogen and oxygen atoms in total. The summed E-state index contributed by atoms with van der Waals surface area (Å²) < 4.78 is 0. The minimum atomic E-state index is -0.964. The zero-order valence-corrected chi connectivity index (χ0v) is 10.2. The molecule has 1 aliphatic heterocycles. The lowest BCUT2D eigenvalue weighted by Gasteiger charge is -2.26. The van der Waals surface area contributed by atoms with Gasteiger partial charge in [0, 0.05) is 19.6 Å². The summed E-state index contributed by atoms with van der Waals surface area (Å²) in [4.78, 5) is 25.7. The number of amides is 2. The predicted octanol–water partition coefficient (Wildman–Crippen LogP) is 1.24. The van der Waals surface area contributed by atoms with Crippen molar-refractivity contribution in [3.63, 3.8) is 0 Å². The number of likely N-dealkylation sites (tertiary alicyclic amines) is 1. The maximum atomic E-state index is 12.0. The van der Waals surface area contributed by atoms with Crippen molar-refractivity contribution in [2.75, 3.05) is 26.2 Å². The number of carboxylic acids is 1. The zero-order chi connectivity index (χ0) is 12.3. The van der Waals surface area contributed by atoms with Gasteiger partial charge in [-0.3, -0.25) is 4.79 Å². The first-order chi connectivity index (χ1) is 7.35. The average Bonchev–Trinajstić information content (AvgIpc) is 2.54. The number of rotatable bonds is 3. The maximum Gasteiger partial charge on any atom is 0.323 e. The van der Waals surface area contributed by atoms with Gasteiger partial charge in [-0.1, -0.05) is 13.8 Å². The van der Waals surface area contributed by atoms with Gasteiger partial charge in [0.2, 0.25) is 0 Å². The molecule has 0 saturated carbocycles. The Morgan fingerprint density at radius 1 is 1.44 bits per heavy atom. The van der Waals surface area contributed by atoms with Crippen LogP contribution in [0.15, 0.2) is 0 Å². The number of carboxylic acid groups (broad SMARTS) is 1. The Balaban J connectivity index is 2.59. The van der Waals surface area contributed by atoms with Gasteiger partial charge >= 0.3 is 12.0 Å². The van der Waals surface area contributed by atoms with Crippen LogP contribution in [0.4, 0.5) is 4.79 Å². The lowest BCUT2D eigenvalue weighted by atomic mass is 9.93. The van der Waals surface area contributed by atoms with Crippen molar-refractivity contribution in [3.8, 4) is 0 Å². The molecule has 1 rings (SSSR count). The predicted molar refractivity (Wildman–Crippen MR) is 60.2 cm³/mol. The number of nitrogens with zero attached hydrogens (tertiary/aromatic N) is 2. The van der Waals surface area contributed by atoms with Gasteiger partial charge in [-0.25, -0.2) is 4.79 Å². The SMILES string of the molecule is CCN(CC(=O)O)C(=O)N1CCC(C)(C)C1. The quantitative estimate of drug-likeness (QED) is 0.790. The van der Waals surface area contributed by atoms with E-state index in [0.29, 0.717) is 13.1 Å². The second-order valence-electron chi connectivity index (χ2n) is 5.03. The minimum Gasteiger partial charge on any atom is -0.480 e. The molecule has 0 spiro atoms. The van der Waals surface area contributed by atoms with Gasteiger partial charge in [0.15, 0.2) is 0 Å². The maximum absolute atomic E-state index is 12.0. The van der Waals surface area contributed by atoms with E-state index < -0.39 is 5.97 Å². The van der Waals surface area contributed by atoms with Gasteiger partial charge in [-0.05, 0) is 18.8 Å². The van der Waals surface area contributed by atoms with Crippen molar-refractivity contribution in [2.24, 2.45) is 5.41 Å². The van der Waals surface area contributed by atoms with Crippen LogP contribution in [0.1, 0.15) is 27.2 Å². The smallest absolute Gasteiger partial charge is 0.323 e. The molecule has 16 heavy (non-hydrogen) atoms. The van der Waals surface area contributed by atoms with Gasteiger partial charge in [0.25, 0.3) is 0 Å². The molecule has 1 fully saturated rings. The zero-order valence-electron chi connectivity index (χ0n) is 10.2. The third kappa shape index (κ3) is 3.12. The summed E-state index contributed by atoms with van der Waals surface area (Å²) in [6, 6.07) is -0.157. The topological polar surface area (TPSA) is 60.9 Å². The second kappa shape index (κ2) is 4.72. The van der Waals surface area contributed by atoms with E-state index in [9.17, 15) is 9.59 Å². The number of carbonyl (C=O) groups is 2. The van der Waals surface area contributed by atoms with Gasteiger partial charge in [0.1, 0.15) is 6.54 Å². The van der Waals surface area contributed by atoms with Crippen molar-refractivity contribution in [3.05, 3.63) is 0 Å². The summed E-state index contributed by atoms with van der Waals surface area (Å²) >= 11 is 0. The number of likely N-dealkylation sites (N-methyl/N-ethyl adjacent to an activating group) is 1. The van der Waals surface area contributed by atoms with Gasteiger partial charge in [-0.15, -0.1) is 0 Å². The highest BCUT2D eigenvalue weighted by atomic mass is 16.4. The van der Waals surface area contributed by atoms with Crippen molar-refractivity contribution < 1.29 is 14.7 Å². The van der Waals surface area contributed by atoms with E-state index in [1.54, 1.807) is 11.8 Å². The molecule has 0 radical (unpaired) electrons. The van der Waals surface area contributed by atoms with E-state index in [0.717, 1.165) is 13.0 Å². The Morgan fingerprint density at radius 2 is 2.06 bits per heavy atom. The number of hydrogen-bond donors (Lipinski definition) is 1. The molecule has 1 N–H and O–H groups in total. The Hall–Kier alpha value is -1.26. The first-order valence-corrected chi connectivity index (χ1v) is 5.61. The number of aliphatic carboxylic acids is 1. The average molecular weight is 228 g/mol. The van der Waals surface area contributed by atoms with E-state index in [-0.39, 0.29) is 18.0 Å². The molecule has 5 heteroatoms. The van der Waals surface area contributed by atoms with Crippen molar-refractivity contribution >= 4 is 12.0 Å². The summed E-state index contributed by atoms with van der Waals surface area (Å²) in [5.74, 6) is -0.964. The second-order valence-corrected chi connectivity index (χ2v) is 5.03. The molecule has 1 heterocycles. The Kier molecular flexibility index (Phi) is 3.78. The molecular weight excluding hydrogens is 208 g/mol. The fourth-order valence-corrected chi connectivity index (χ4v) is 1.95. The molecule has 0 aromatic rings. The third-order valence-electron chi connectivity index (χ3n) is 2.93. The van der Waals surface area contributed by atoms with E-state index >= 15 is 0 Å². The van der Waals surface area contributed by atoms with Gasteiger partial charge < -0.3 is 14.9 Å². The van der Waals surface area contributed by atoms with Crippen LogP contribution in [0.5, 0.6) is 0 Å². The van der Waals surface area contributed by atoms with E-state index in [1.807, 2.05) is 0 Å². The summed E-state index contributed by atoms with van der Waals surface area (Å²) in [6.07, 6.45) is 0.976. The number of urea groups is 1. The molecular formula is C11H20N2O3. The van der Waals surface area contributed by atoms with E-state index in [1.165, 1.54) is 4.90 Å². The Labute approximate surface area is 96.0 Å². The van der Waals surface area contributed by atoms with Crippen LogP contribution < -0.4 is 0 Å². The standard InChI is InChI=1S/C11H20N2O3/c1-4-12(7-9(14)15)10(16)13-6-5-11(2,3)8-13/h4-8H2,1-3H3,(H,14,15). The minimum absolute atomic E-state index is 0.151.